The van der Waals surface area contributed by atoms with Gasteiger partial charge in [-0.1, -0.05) is 37.7 Å². The molecular weight excluding hydrogens is 376 g/mol. The molecule has 1 aromatic heterocycles. The van der Waals surface area contributed by atoms with E-state index in [-0.39, 0.29) is 40.6 Å². The van der Waals surface area contributed by atoms with Crippen molar-refractivity contribution in [3.8, 4) is 0 Å². The SMILES string of the molecule is CC(C)C[C@H](CO)Nc1cc(C(=O)O)nc(SCc2cccc(F)c2F)n1. The van der Waals surface area contributed by atoms with Gasteiger partial charge in [-0.15, -0.1) is 0 Å². The van der Waals surface area contributed by atoms with Gasteiger partial charge in [-0.3, -0.25) is 0 Å². The van der Waals surface area contributed by atoms with Crippen molar-refractivity contribution < 1.29 is 23.8 Å². The number of anilines is 1. The highest BCUT2D eigenvalue weighted by molar-refractivity contribution is 7.98. The maximum absolute atomic E-state index is 13.8. The number of aliphatic hydroxyl groups excluding tert-OH is 1. The molecule has 27 heavy (non-hydrogen) atoms. The van der Waals surface area contributed by atoms with E-state index in [9.17, 15) is 23.8 Å². The normalized spacial score (nSPS) is 12.2. The number of carboxylic acid groups (broad SMARTS) is 1. The van der Waals surface area contributed by atoms with Gasteiger partial charge >= 0.3 is 5.97 Å². The number of benzene rings is 1. The van der Waals surface area contributed by atoms with Crippen LogP contribution in [0.2, 0.25) is 0 Å². The maximum Gasteiger partial charge on any atom is 0.354 e. The number of hydrogen-bond acceptors (Lipinski definition) is 6. The predicted octanol–water partition coefficient (Wildman–Crippen LogP) is 3.56. The number of hydrogen-bond donors (Lipinski definition) is 3. The Kier molecular flexibility index (Phi) is 7.49. The molecule has 0 aliphatic heterocycles. The Morgan fingerprint density at radius 2 is 2.04 bits per heavy atom. The summed E-state index contributed by atoms with van der Waals surface area (Å²) in [6, 6.07) is 4.85. The summed E-state index contributed by atoms with van der Waals surface area (Å²) >= 11 is 0.996. The van der Waals surface area contributed by atoms with Crippen LogP contribution in [-0.4, -0.2) is 38.8 Å². The van der Waals surface area contributed by atoms with Gasteiger partial charge in [0.1, 0.15) is 5.82 Å². The van der Waals surface area contributed by atoms with Crippen LogP contribution in [0.3, 0.4) is 0 Å². The van der Waals surface area contributed by atoms with Crippen molar-refractivity contribution in [2.75, 3.05) is 11.9 Å². The molecular formula is C18H21F2N3O3S. The van der Waals surface area contributed by atoms with E-state index in [2.05, 4.69) is 15.3 Å². The molecule has 3 N–H and O–H groups in total. The molecule has 0 amide bonds. The van der Waals surface area contributed by atoms with E-state index in [1.807, 2.05) is 13.8 Å². The lowest BCUT2D eigenvalue weighted by Crippen LogP contribution is -2.26. The minimum atomic E-state index is -1.23. The Morgan fingerprint density at radius 1 is 1.30 bits per heavy atom. The highest BCUT2D eigenvalue weighted by Gasteiger charge is 2.16. The fourth-order valence-corrected chi connectivity index (χ4v) is 3.27. The zero-order chi connectivity index (χ0) is 20.0. The third-order valence-electron chi connectivity index (χ3n) is 3.64. The fraction of sp³-hybridized carbons (Fsp3) is 0.389. The number of nitrogens with one attached hydrogen (secondary N) is 1. The van der Waals surface area contributed by atoms with Gasteiger partial charge in [-0.25, -0.2) is 23.5 Å². The molecule has 0 bridgehead atoms. The smallest absolute Gasteiger partial charge is 0.354 e. The number of nitrogens with zero attached hydrogens (tertiary/aromatic N) is 2. The maximum atomic E-state index is 13.8. The van der Waals surface area contributed by atoms with Gasteiger partial charge in [-0.05, 0) is 18.4 Å². The van der Waals surface area contributed by atoms with Gasteiger partial charge in [0.05, 0.1) is 12.6 Å². The number of rotatable bonds is 9. The Bertz CT molecular complexity index is 805. The molecule has 0 aliphatic carbocycles. The van der Waals surface area contributed by atoms with Crippen molar-refractivity contribution >= 4 is 23.5 Å². The van der Waals surface area contributed by atoms with E-state index in [1.165, 1.54) is 18.2 Å². The Balaban J connectivity index is 2.21. The topological polar surface area (TPSA) is 95.3 Å². The van der Waals surface area contributed by atoms with E-state index in [4.69, 9.17) is 0 Å². The first-order valence-electron chi connectivity index (χ1n) is 8.35. The second-order valence-electron chi connectivity index (χ2n) is 6.38. The molecule has 0 fully saturated rings. The second kappa shape index (κ2) is 9.61. The molecule has 9 heteroatoms. The number of halogens is 2. The summed E-state index contributed by atoms with van der Waals surface area (Å²) in [5, 5.41) is 21.9. The summed E-state index contributed by atoms with van der Waals surface area (Å²) in [6.45, 7) is 3.87. The van der Waals surface area contributed by atoms with Gasteiger partial charge in [0.25, 0.3) is 0 Å². The first-order valence-corrected chi connectivity index (χ1v) is 9.34. The van der Waals surface area contributed by atoms with Crippen LogP contribution in [0.15, 0.2) is 29.4 Å². The molecule has 146 valence electrons. The molecule has 0 aliphatic rings. The van der Waals surface area contributed by atoms with Crippen LogP contribution in [0.5, 0.6) is 0 Å². The van der Waals surface area contributed by atoms with Crippen molar-refractivity contribution in [2.24, 2.45) is 5.92 Å². The summed E-state index contributed by atoms with van der Waals surface area (Å²) in [6.07, 6.45) is 0.667. The molecule has 0 saturated carbocycles. The molecule has 0 radical (unpaired) electrons. The molecule has 0 saturated heterocycles. The van der Waals surface area contributed by atoms with Crippen LogP contribution in [0.25, 0.3) is 0 Å². The highest BCUT2D eigenvalue weighted by Crippen LogP contribution is 2.24. The van der Waals surface area contributed by atoms with Crippen molar-refractivity contribution in [3.63, 3.8) is 0 Å². The molecule has 0 unspecified atom stereocenters. The zero-order valence-corrected chi connectivity index (χ0v) is 15.8. The van der Waals surface area contributed by atoms with Crippen LogP contribution in [0, 0.1) is 17.6 Å². The molecule has 0 spiro atoms. The van der Waals surface area contributed by atoms with Gasteiger partial charge in [0, 0.05) is 17.4 Å². The fourth-order valence-electron chi connectivity index (χ4n) is 2.43. The van der Waals surface area contributed by atoms with E-state index in [1.54, 1.807) is 0 Å². The summed E-state index contributed by atoms with van der Waals surface area (Å²) in [7, 11) is 0. The third kappa shape index (κ3) is 6.14. The zero-order valence-electron chi connectivity index (χ0n) is 14.9. The Hall–Kier alpha value is -2.26. The summed E-state index contributed by atoms with van der Waals surface area (Å²) in [5.41, 5.74) is -0.0946. The molecule has 1 heterocycles. The number of thioether (sulfide) groups is 1. The Morgan fingerprint density at radius 3 is 2.67 bits per heavy atom. The van der Waals surface area contributed by atoms with Crippen molar-refractivity contribution in [1.29, 1.82) is 0 Å². The number of aliphatic hydroxyl groups is 1. The Labute approximate surface area is 160 Å². The summed E-state index contributed by atoms with van der Waals surface area (Å²) in [5.74, 6) is -2.51. The number of carboxylic acids is 1. The molecule has 2 rings (SSSR count). The number of aromatic carboxylic acids is 1. The monoisotopic (exact) mass is 397 g/mol. The number of carbonyl (C=O) groups is 1. The van der Waals surface area contributed by atoms with Gasteiger partial charge in [0.15, 0.2) is 22.5 Å². The lowest BCUT2D eigenvalue weighted by Gasteiger charge is -2.19. The van der Waals surface area contributed by atoms with Crippen LogP contribution in [0.4, 0.5) is 14.6 Å². The van der Waals surface area contributed by atoms with Gasteiger partial charge < -0.3 is 15.5 Å². The van der Waals surface area contributed by atoms with Crippen LogP contribution in [0.1, 0.15) is 36.3 Å². The third-order valence-corrected chi connectivity index (χ3v) is 4.54. The van der Waals surface area contributed by atoms with Crippen LogP contribution < -0.4 is 5.32 Å². The average Bonchev–Trinajstić information content (AvgIpc) is 2.61. The lowest BCUT2D eigenvalue weighted by atomic mass is 10.0. The molecule has 6 nitrogen and oxygen atoms in total. The van der Waals surface area contributed by atoms with Crippen molar-refractivity contribution in [2.45, 2.75) is 37.2 Å². The van der Waals surface area contributed by atoms with E-state index in [0.717, 1.165) is 17.8 Å². The number of aromatic nitrogens is 2. The lowest BCUT2D eigenvalue weighted by molar-refractivity contribution is 0.0689. The van der Waals surface area contributed by atoms with E-state index in [0.29, 0.717) is 12.3 Å². The van der Waals surface area contributed by atoms with Gasteiger partial charge in [-0.2, -0.15) is 0 Å². The van der Waals surface area contributed by atoms with Crippen molar-refractivity contribution in [1.82, 2.24) is 9.97 Å². The van der Waals surface area contributed by atoms with Crippen LogP contribution in [-0.2, 0) is 5.75 Å². The summed E-state index contributed by atoms with van der Waals surface area (Å²) < 4.78 is 27.1. The predicted molar refractivity (Wildman–Crippen MR) is 98.9 cm³/mol. The average molecular weight is 397 g/mol. The first-order chi connectivity index (χ1) is 12.8. The van der Waals surface area contributed by atoms with Crippen LogP contribution >= 0.6 is 11.8 Å². The standard InChI is InChI=1S/C18H21F2N3O3S/c1-10(2)6-12(8-24)21-15-7-14(17(25)26)22-18(23-15)27-9-11-4-3-5-13(19)16(11)20/h3-5,7,10,12,24H,6,8-9H2,1-2H3,(H,25,26)(H,21,22,23)/t12-/m1/s1. The van der Waals surface area contributed by atoms with E-state index >= 15 is 0 Å². The first kappa shape index (κ1) is 21.0. The van der Waals surface area contributed by atoms with Gasteiger partial charge in [0.2, 0.25) is 0 Å². The van der Waals surface area contributed by atoms with Crippen molar-refractivity contribution in [3.05, 3.63) is 47.2 Å². The van der Waals surface area contributed by atoms with E-state index < -0.39 is 17.6 Å². The summed E-state index contributed by atoms with van der Waals surface area (Å²) in [4.78, 5) is 19.5. The highest BCUT2D eigenvalue weighted by atomic mass is 32.2. The quantitative estimate of drug-likeness (QED) is 0.440. The minimum Gasteiger partial charge on any atom is -0.477 e. The molecule has 1 atom stereocenters. The second-order valence-corrected chi connectivity index (χ2v) is 7.32. The molecule has 2 aromatic rings. The molecule has 1 aromatic carbocycles. The largest absolute Gasteiger partial charge is 0.477 e. The minimum absolute atomic E-state index is 0.0432.